The van der Waals surface area contributed by atoms with E-state index in [0.29, 0.717) is 12.6 Å². The van der Waals surface area contributed by atoms with E-state index in [9.17, 15) is 9.59 Å². The third-order valence-electron chi connectivity index (χ3n) is 3.87. The van der Waals surface area contributed by atoms with E-state index in [0.717, 1.165) is 30.4 Å². The highest BCUT2D eigenvalue weighted by Crippen LogP contribution is 2.29. The molecule has 4 heteroatoms. The van der Waals surface area contributed by atoms with Crippen molar-refractivity contribution in [1.82, 2.24) is 0 Å². The number of likely N-dealkylation sites (N-methyl/N-ethyl adjacent to an activating group) is 1. The van der Waals surface area contributed by atoms with Crippen LogP contribution in [0.15, 0.2) is 0 Å². The fraction of sp³-hybridized carbons (Fsp3) is 0.846. The normalized spacial score (nSPS) is 28.1. The van der Waals surface area contributed by atoms with Crippen molar-refractivity contribution < 1.29 is 18.8 Å². The average molecular weight is 242 g/mol. The Hall–Kier alpha value is -0.900. The second-order valence-corrected chi connectivity index (χ2v) is 4.97. The van der Waals surface area contributed by atoms with Crippen molar-refractivity contribution in [3.63, 3.8) is 0 Å². The van der Waals surface area contributed by atoms with Crippen molar-refractivity contribution in [3.05, 3.63) is 0 Å². The molecule has 1 aliphatic heterocycles. The Kier molecular flexibility index (Phi) is 5.12. The molecule has 0 N–H and O–H groups in total. The summed E-state index contributed by atoms with van der Waals surface area (Å²) in [5, 5.41) is 0. The Bertz CT molecular complexity index is 290. The lowest BCUT2D eigenvalue weighted by Crippen LogP contribution is -2.54. The van der Waals surface area contributed by atoms with Crippen LogP contribution in [0.1, 0.15) is 46.5 Å². The molecule has 2 atom stereocenters. The first-order valence-electron chi connectivity index (χ1n) is 6.61. The molecule has 4 nitrogen and oxygen atoms in total. The van der Waals surface area contributed by atoms with Gasteiger partial charge in [-0.3, -0.25) is 4.79 Å². The van der Waals surface area contributed by atoms with Gasteiger partial charge in [-0.05, 0) is 13.3 Å². The number of rotatable bonds is 5. The van der Waals surface area contributed by atoms with Crippen molar-refractivity contribution in [2.45, 2.75) is 52.5 Å². The Morgan fingerprint density at radius 2 is 2.06 bits per heavy atom. The smallest absolute Gasteiger partial charge is 0.369 e. The summed E-state index contributed by atoms with van der Waals surface area (Å²) in [5.74, 6) is -0.877. The molecule has 0 bridgehead atoms. The van der Waals surface area contributed by atoms with Crippen LogP contribution in [0, 0.1) is 0 Å². The minimum atomic E-state index is -0.504. The van der Waals surface area contributed by atoms with E-state index in [-0.39, 0.29) is 5.97 Å². The van der Waals surface area contributed by atoms with Gasteiger partial charge >= 0.3 is 11.9 Å². The molecule has 0 amide bonds. The van der Waals surface area contributed by atoms with E-state index in [1.54, 1.807) is 0 Å². The maximum Gasteiger partial charge on any atom is 0.369 e. The van der Waals surface area contributed by atoms with Crippen LogP contribution in [0.4, 0.5) is 0 Å². The van der Waals surface area contributed by atoms with Gasteiger partial charge in [0.15, 0.2) is 6.54 Å². The SMILES string of the molecule is CCCC1CCC[N+]1(CC)CC(=O)OC(C)=O. The summed E-state index contributed by atoms with van der Waals surface area (Å²) < 4.78 is 5.48. The number of carbonyl (C=O) groups excluding carboxylic acids is 2. The minimum Gasteiger partial charge on any atom is -0.389 e. The fourth-order valence-corrected chi connectivity index (χ4v) is 3.04. The molecule has 98 valence electrons. The zero-order chi connectivity index (χ0) is 12.9. The molecule has 1 heterocycles. The van der Waals surface area contributed by atoms with Crippen molar-refractivity contribution in [2.75, 3.05) is 19.6 Å². The van der Waals surface area contributed by atoms with Crippen molar-refractivity contribution in [3.8, 4) is 0 Å². The Balaban J connectivity index is 2.67. The highest BCUT2D eigenvalue weighted by Gasteiger charge is 2.41. The predicted molar refractivity (Wildman–Crippen MR) is 65.2 cm³/mol. The molecule has 2 unspecified atom stereocenters. The summed E-state index contributed by atoms with van der Waals surface area (Å²) >= 11 is 0. The van der Waals surface area contributed by atoms with Gasteiger partial charge in [-0.2, -0.15) is 0 Å². The van der Waals surface area contributed by atoms with Crippen LogP contribution in [0.3, 0.4) is 0 Å². The minimum absolute atomic E-state index is 0.348. The molecule has 1 saturated heterocycles. The zero-order valence-corrected chi connectivity index (χ0v) is 11.2. The fourth-order valence-electron chi connectivity index (χ4n) is 3.04. The lowest BCUT2D eigenvalue weighted by Gasteiger charge is -2.38. The van der Waals surface area contributed by atoms with E-state index in [2.05, 4.69) is 18.6 Å². The van der Waals surface area contributed by atoms with Gasteiger partial charge in [0, 0.05) is 19.8 Å². The number of hydrogen-bond donors (Lipinski definition) is 0. The number of esters is 2. The van der Waals surface area contributed by atoms with Crippen LogP contribution >= 0.6 is 0 Å². The maximum atomic E-state index is 11.7. The molecule has 0 aromatic rings. The van der Waals surface area contributed by atoms with E-state index in [1.165, 1.54) is 19.8 Å². The van der Waals surface area contributed by atoms with Gasteiger partial charge in [0.2, 0.25) is 0 Å². The van der Waals surface area contributed by atoms with Crippen LogP contribution < -0.4 is 0 Å². The number of quaternary nitrogens is 1. The maximum absolute atomic E-state index is 11.7. The van der Waals surface area contributed by atoms with Gasteiger partial charge in [-0.25, -0.2) is 4.79 Å². The number of ether oxygens (including phenoxy) is 1. The summed E-state index contributed by atoms with van der Waals surface area (Å²) in [6.07, 6.45) is 4.66. The van der Waals surface area contributed by atoms with E-state index in [1.807, 2.05) is 0 Å². The van der Waals surface area contributed by atoms with Crippen LogP contribution in [0.25, 0.3) is 0 Å². The average Bonchev–Trinajstić information content (AvgIpc) is 2.61. The highest BCUT2D eigenvalue weighted by molar-refractivity contribution is 5.84. The molecule has 17 heavy (non-hydrogen) atoms. The predicted octanol–water partition coefficient (Wildman–Crippen LogP) is 1.88. The molecule has 0 radical (unpaired) electrons. The van der Waals surface area contributed by atoms with Gasteiger partial charge in [0.05, 0.1) is 19.1 Å². The molecule has 0 aliphatic carbocycles. The Morgan fingerprint density at radius 3 is 2.59 bits per heavy atom. The molecule has 1 fully saturated rings. The van der Waals surface area contributed by atoms with E-state index < -0.39 is 5.97 Å². The molecule has 0 aromatic heterocycles. The van der Waals surface area contributed by atoms with Gasteiger partial charge in [0.1, 0.15) is 0 Å². The first-order chi connectivity index (χ1) is 8.04. The quantitative estimate of drug-likeness (QED) is 0.420. The van der Waals surface area contributed by atoms with Crippen LogP contribution in [-0.2, 0) is 14.3 Å². The summed E-state index contributed by atoms with van der Waals surface area (Å²) in [4.78, 5) is 22.4. The molecular formula is C13H24NO3+. The standard InChI is InChI=1S/C13H24NO3/c1-4-7-12-8-6-9-14(12,5-2)10-13(16)17-11(3)15/h12H,4-10H2,1-3H3/q+1. The molecular weight excluding hydrogens is 218 g/mol. The monoisotopic (exact) mass is 242 g/mol. The number of hydrogen-bond acceptors (Lipinski definition) is 3. The topological polar surface area (TPSA) is 43.4 Å². The zero-order valence-electron chi connectivity index (χ0n) is 11.2. The molecule has 1 aliphatic rings. The van der Waals surface area contributed by atoms with Crippen LogP contribution in [0.2, 0.25) is 0 Å². The Labute approximate surface area is 104 Å². The number of nitrogens with zero attached hydrogens (tertiary/aromatic N) is 1. The lowest BCUT2D eigenvalue weighted by atomic mass is 10.1. The Morgan fingerprint density at radius 1 is 1.35 bits per heavy atom. The van der Waals surface area contributed by atoms with Gasteiger partial charge in [-0.15, -0.1) is 0 Å². The molecule has 0 aromatic carbocycles. The van der Waals surface area contributed by atoms with Gasteiger partial charge in [-0.1, -0.05) is 13.3 Å². The molecule has 0 spiro atoms. The largest absolute Gasteiger partial charge is 0.389 e. The highest BCUT2D eigenvalue weighted by atomic mass is 16.6. The summed E-state index contributed by atoms with van der Waals surface area (Å²) in [6, 6.07) is 0.560. The summed E-state index contributed by atoms with van der Waals surface area (Å²) in [7, 11) is 0. The third kappa shape index (κ3) is 3.53. The summed E-state index contributed by atoms with van der Waals surface area (Å²) in [6.45, 7) is 7.90. The lowest BCUT2D eigenvalue weighted by molar-refractivity contribution is -0.931. The number of likely N-dealkylation sites (tertiary alicyclic amines) is 1. The number of carbonyl (C=O) groups is 2. The second kappa shape index (κ2) is 6.15. The van der Waals surface area contributed by atoms with Gasteiger partial charge < -0.3 is 9.22 Å². The van der Waals surface area contributed by atoms with Gasteiger partial charge in [0.25, 0.3) is 0 Å². The van der Waals surface area contributed by atoms with Crippen molar-refractivity contribution in [2.24, 2.45) is 0 Å². The van der Waals surface area contributed by atoms with Crippen LogP contribution in [0.5, 0.6) is 0 Å². The molecule has 0 saturated carbocycles. The van der Waals surface area contributed by atoms with Crippen molar-refractivity contribution >= 4 is 11.9 Å². The van der Waals surface area contributed by atoms with Crippen LogP contribution in [-0.4, -0.2) is 42.1 Å². The third-order valence-corrected chi connectivity index (χ3v) is 3.87. The van der Waals surface area contributed by atoms with E-state index in [4.69, 9.17) is 0 Å². The van der Waals surface area contributed by atoms with Crippen molar-refractivity contribution in [1.29, 1.82) is 0 Å². The second-order valence-electron chi connectivity index (χ2n) is 4.97. The first-order valence-corrected chi connectivity index (χ1v) is 6.61. The summed E-state index contributed by atoms with van der Waals surface area (Å²) in [5.41, 5.74) is 0. The molecule has 1 rings (SSSR count). The first kappa shape index (κ1) is 14.2. The van der Waals surface area contributed by atoms with E-state index >= 15 is 0 Å².